The van der Waals surface area contributed by atoms with Crippen LogP contribution in [0.3, 0.4) is 0 Å². The van der Waals surface area contributed by atoms with E-state index in [1.807, 2.05) is 12.1 Å². The van der Waals surface area contributed by atoms with Gasteiger partial charge in [-0.05, 0) is 62.4 Å². The number of carbonyl (C=O) groups is 2. The van der Waals surface area contributed by atoms with Gasteiger partial charge in [0.1, 0.15) is 10.8 Å². The van der Waals surface area contributed by atoms with Crippen LogP contribution in [-0.4, -0.2) is 46.9 Å². The number of anilines is 2. The molecule has 0 atom stereocenters. The minimum atomic E-state index is -0.348. The summed E-state index contributed by atoms with van der Waals surface area (Å²) in [6.07, 6.45) is 3.85. The number of rotatable bonds is 7. The Kier molecular flexibility index (Phi) is 6.70. The first-order valence-corrected chi connectivity index (χ1v) is 11.5. The summed E-state index contributed by atoms with van der Waals surface area (Å²) in [5.74, 6) is 0.632. The molecule has 0 spiro atoms. The van der Waals surface area contributed by atoms with Crippen LogP contribution in [0.1, 0.15) is 31.2 Å². The molecule has 2 N–H and O–H groups in total. The molecule has 2 fully saturated rings. The Morgan fingerprint density at radius 2 is 1.90 bits per heavy atom. The van der Waals surface area contributed by atoms with Crippen molar-refractivity contribution >= 4 is 35.1 Å². The average Bonchev–Trinajstić information content (AvgIpc) is 3.59. The standard InChI is InChI=1S/C22H26FN5O2S/c1-14-2-3-17(12-18(14)23)24-20(29)13-31-21-7-6-19(26-27-21)28-10-8-15(9-11-28)22(30)25-16-4-5-16/h2-3,6-7,12,15-16H,4-5,8-11,13H2,1H3,(H,24,29)(H,25,30). The lowest BCUT2D eigenvalue weighted by molar-refractivity contribution is -0.125. The van der Waals surface area contributed by atoms with E-state index in [1.165, 1.54) is 17.8 Å². The Labute approximate surface area is 185 Å². The van der Waals surface area contributed by atoms with Gasteiger partial charge < -0.3 is 15.5 Å². The third kappa shape index (κ3) is 5.94. The molecule has 4 rings (SSSR count). The molecular formula is C22H26FN5O2S. The van der Waals surface area contributed by atoms with Crippen molar-refractivity contribution in [3.63, 3.8) is 0 Å². The molecular weight excluding hydrogens is 417 g/mol. The van der Waals surface area contributed by atoms with E-state index in [0.29, 0.717) is 22.3 Å². The number of nitrogens with one attached hydrogen (secondary N) is 2. The van der Waals surface area contributed by atoms with Crippen molar-refractivity contribution in [3.8, 4) is 0 Å². The molecule has 1 saturated heterocycles. The lowest BCUT2D eigenvalue weighted by Crippen LogP contribution is -2.41. The van der Waals surface area contributed by atoms with Crippen LogP contribution in [0.5, 0.6) is 0 Å². The summed E-state index contributed by atoms with van der Waals surface area (Å²) < 4.78 is 13.6. The molecule has 1 aromatic heterocycles. The Hall–Kier alpha value is -2.68. The van der Waals surface area contributed by atoms with Crippen molar-refractivity contribution in [2.24, 2.45) is 5.92 Å². The molecule has 1 aromatic carbocycles. The molecule has 0 radical (unpaired) electrons. The maximum atomic E-state index is 13.6. The van der Waals surface area contributed by atoms with Crippen LogP contribution >= 0.6 is 11.8 Å². The number of aromatic nitrogens is 2. The van der Waals surface area contributed by atoms with Gasteiger partial charge in [0.05, 0.1) is 5.75 Å². The molecule has 1 aliphatic heterocycles. The van der Waals surface area contributed by atoms with Gasteiger partial charge in [0.25, 0.3) is 0 Å². The zero-order valence-electron chi connectivity index (χ0n) is 17.4. The predicted molar refractivity (Wildman–Crippen MR) is 119 cm³/mol. The molecule has 1 aliphatic carbocycles. The Morgan fingerprint density at radius 3 is 2.55 bits per heavy atom. The van der Waals surface area contributed by atoms with E-state index in [2.05, 4.69) is 25.7 Å². The van der Waals surface area contributed by atoms with Gasteiger partial charge in [-0.15, -0.1) is 10.2 Å². The molecule has 0 unspecified atom stereocenters. The lowest BCUT2D eigenvalue weighted by atomic mass is 9.96. The molecule has 2 amide bonds. The van der Waals surface area contributed by atoms with Gasteiger partial charge in [-0.3, -0.25) is 9.59 Å². The Bertz CT molecular complexity index is 943. The lowest BCUT2D eigenvalue weighted by Gasteiger charge is -2.31. The van der Waals surface area contributed by atoms with Crippen LogP contribution < -0.4 is 15.5 Å². The van der Waals surface area contributed by atoms with Crippen molar-refractivity contribution < 1.29 is 14.0 Å². The largest absolute Gasteiger partial charge is 0.355 e. The van der Waals surface area contributed by atoms with Crippen LogP contribution in [0, 0.1) is 18.7 Å². The molecule has 2 aromatic rings. The number of aryl methyl sites for hydroxylation is 1. The van der Waals surface area contributed by atoms with Crippen molar-refractivity contribution in [2.45, 2.75) is 43.7 Å². The van der Waals surface area contributed by atoms with Gasteiger partial charge in [0.2, 0.25) is 11.8 Å². The molecule has 1 saturated carbocycles. The van der Waals surface area contributed by atoms with E-state index in [9.17, 15) is 14.0 Å². The average molecular weight is 444 g/mol. The summed E-state index contributed by atoms with van der Waals surface area (Å²) in [4.78, 5) is 26.4. The molecule has 31 heavy (non-hydrogen) atoms. The van der Waals surface area contributed by atoms with Crippen molar-refractivity contribution in [1.82, 2.24) is 15.5 Å². The fourth-order valence-corrected chi connectivity index (χ4v) is 4.10. The third-order valence-electron chi connectivity index (χ3n) is 5.55. The van der Waals surface area contributed by atoms with Gasteiger partial charge in [-0.2, -0.15) is 0 Å². The zero-order valence-corrected chi connectivity index (χ0v) is 18.3. The number of halogens is 1. The van der Waals surface area contributed by atoms with Gasteiger partial charge in [0, 0.05) is 30.7 Å². The summed E-state index contributed by atoms with van der Waals surface area (Å²) >= 11 is 1.28. The highest BCUT2D eigenvalue weighted by Gasteiger charge is 2.30. The monoisotopic (exact) mass is 443 g/mol. The zero-order chi connectivity index (χ0) is 21.8. The van der Waals surface area contributed by atoms with Crippen molar-refractivity contribution in [2.75, 3.05) is 29.1 Å². The fraction of sp³-hybridized carbons (Fsp3) is 0.455. The third-order valence-corrected chi connectivity index (χ3v) is 6.47. The number of piperidine rings is 1. The minimum Gasteiger partial charge on any atom is -0.355 e. The van der Waals surface area contributed by atoms with Crippen LogP contribution in [0.4, 0.5) is 15.9 Å². The predicted octanol–water partition coefficient (Wildman–Crippen LogP) is 3.15. The van der Waals surface area contributed by atoms with E-state index in [0.717, 1.165) is 44.6 Å². The first-order chi connectivity index (χ1) is 15.0. The number of nitrogens with zero attached hydrogens (tertiary/aromatic N) is 3. The van der Waals surface area contributed by atoms with Gasteiger partial charge >= 0.3 is 0 Å². The highest BCUT2D eigenvalue weighted by Crippen LogP contribution is 2.25. The van der Waals surface area contributed by atoms with E-state index in [1.54, 1.807) is 19.1 Å². The second-order valence-corrected chi connectivity index (χ2v) is 9.07. The first kappa shape index (κ1) is 21.5. The van der Waals surface area contributed by atoms with Crippen LogP contribution in [0.15, 0.2) is 35.4 Å². The Morgan fingerprint density at radius 1 is 1.13 bits per heavy atom. The van der Waals surface area contributed by atoms with Crippen LogP contribution in [0.25, 0.3) is 0 Å². The molecule has 2 aliphatic rings. The quantitative estimate of drug-likeness (QED) is 0.640. The number of benzene rings is 1. The topological polar surface area (TPSA) is 87.2 Å². The number of thioether (sulfide) groups is 1. The van der Waals surface area contributed by atoms with Crippen LogP contribution in [0.2, 0.25) is 0 Å². The van der Waals surface area contributed by atoms with E-state index < -0.39 is 0 Å². The molecule has 2 heterocycles. The highest BCUT2D eigenvalue weighted by molar-refractivity contribution is 7.99. The minimum absolute atomic E-state index is 0.0835. The van der Waals surface area contributed by atoms with E-state index >= 15 is 0 Å². The second kappa shape index (κ2) is 9.64. The summed E-state index contributed by atoms with van der Waals surface area (Å²) in [6.45, 7) is 3.23. The smallest absolute Gasteiger partial charge is 0.234 e. The number of hydrogen-bond donors (Lipinski definition) is 2. The van der Waals surface area contributed by atoms with Gasteiger partial charge in [0.15, 0.2) is 5.82 Å². The highest BCUT2D eigenvalue weighted by atomic mass is 32.2. The molecule has 9 heteroatoms. The summed E-state index contributed by atoms with van der Waals surface area (Å²) in [6, 6.07) is 8.76. The van der Waals surface area contributed by atoms with Crippen LogP contribution in [-0.2, 0) is 9.59 Å². The van der Waals surface area contributed by atoms with Crippen molar-refractivity contribution in [3.05, 3.63) is 41.7 Å². The maximum absolute atomic E-state index is 13.6. The maximum Gasteiger partial charge on any atom is 0.234 e. The summed E-state index contributed by atoms with van der Waals surface area (Å²) in [5, 5.41) is 14.9. The second-order valence-electron chi connectivity index (χ2n) is 8.07. The summed E-state index contributed by atoms with van der Waals surface area (Å²) in [5.41, 5.74) is 0.970. The van der Waals surface area contributed by atoms with Crippen molar-refractivity contribution in [1.29, 1.82) is 0 Å². The number of hydrogen-bond acceptors (Lipinski definition) is 6. The van der Waals surface area contributed by atoms with Gasteiger partial charge in [-0.1, -0.05) is 17.8 Å². The van der Waals surface area contributed by atoms with E-state index in [4.69, 9.17) is 0 Å². The number of amides is 2. The number of carbonyl (C=O) groups excluding carboxylic acids is 2. The molecule has 0 bridgehead atoms. The normalized spacial score (nSPS) is 16.8. The van der Waals surface area contributed by atoms with Gasteiger partial charge in [-0.25, -0.2) is 4.39 Å². The first-order valence-electron chi connectivity index (χ1n) is 10.6. The fourth-order valence-electron chi connectivity index (χ4n) is 3.48. The molecule has 164 valence electrons. The Balaban J connectivity index is 1.22. The molecule has 7 nitrogen and oxygen atoms in total. The van der Waals surface area contributed by atoms with E-state index in [-0.39, 0.29) is 29.3 Å². The summed E-state index contributed by atoms with van der Waals surface area (Å²) in [7, 11) is 0. The SMILES string of the molecule is Cc1ccc(NC(=O)CSc2ccc(N3CCC(C(=O)NC4CC4)CC3)nn2)cc1F.